The molecule has 0 spiro atoms. The van der Waals surface area contributed by atoms with Crippen molar-refractivity contribution in [2.75, 3.05) is 19.7 Å². The number of carbonyl (C=O) groups excluding carboxylic acids is 1. The fourth-order valence-electron chi connectivity index (χ4n) is 3.35. The summed E-state index contributed by atoms with van der Waals surface area (Å²) in [6.07, 6.45) is 0.192. The molecule has 1 aliphatic rings. The molecule has 1 N–H and O–H groups in total. The summed E-state index contributed by atoms with van der Waals surface area (Å²) < 4.78 is 18.5. The molecule has 168 valence electrons. The summed E-state index contributed by atoms with van der Waals surface area (Å²) in [7, 11) is 0. The number of aryl methyl sites for hydroxylation is 1. The van der Waals surface area contributed by atoms with Gasteiger partial charge in [0.2, 0.25) is 0 Å². The summed E-state index contributed by atoms with van der Waals surface area (Å²) in [6.45, 7) is 5.99. The van der Waals surface area contributed by atoms with E-state index in [0.29, 0.717) is 12.3 Å². The number of para-hydroxylation sites is 1. The Labute approximate surface area is 197 Å². The van der Waals surface area contributed by atoms with Crippen molar-refractivity contribution in [1.82, 2.24) is 4.90 Å². The van der Waals surface area contributed by atoms with E-state index in [4.69, 9.17) is 14.2 Å². The first-order valence-corrected chi connectivity index (χ1v) is 11.6. The minimum Gasteiger partial charge on any atom is -0.491 e. The number of hydrogen-bond acceptors (Lipinski definition) is 5. The molecule has 0 bridgehead atoms. The number of amides is 1. The second kappa shape index (κ2) is 10.5. The molecule has 7 heteroatoms. The minimum absolute atomic E-state index is 0.0795. The van der Waals surface area contributed by atoms with Crippen molar-refractivity contribution in [3.05, 3.63) is 57.7 Å². The highest BCUT2D eigenvalue weighted by molar-refractivity contribution is 14.1. The third-order valence-corrected chi connectivity index (χ3v) is 5.42. The van der Waals surface area contributed by atoms with Gasteiger partial charge in [-0.3, -0.25) is 0 Å². The average molecular weight is 539 g/mol. The van der Waals surface area contributed by atoms with Crippen molar-refractivity contribution in [3.63, 3.8) is 0 Å². The molecule has 0 unspecified atom stereocenters. The number of carbonyl (C=O) groups is 1. The molecular weight excluding hydrogens is 509 g/mol. The third kappa shape index (κ3) is 7.57. The summed E-state index contributed by atoms with van der Waals surface area (Å²) in [5.41, 5.74) is 0.556. The van der Waals surface area contributed by atoms with Crippen molar-refractivity contribution in [1.29, 1.82) is 0 Å². The quantitative estimate of drug-likeness (QED) is 0.519. The Morgan fingerprint density at radius 1 is 1.26 bits per heavy atom. The van der Waals surface area contributed by atoms with E-state index >= 15 is 0 Å². The molecule has 2 atom stereocenters. The number of rotatable bonds is 7. The number of ether oxygens (including phenoxy) is 3. The normalized spacial score (nSPS) is 16.6. The lowest BCUT2D eigenvalue weighted by Gasteiger charge is -2.33. The van der Waals surface area contributed by atoms with E-state index in [0.717, 1.165) is 18.6 Å². The second-order valence-electron chi connectivity index (χ2n) is 8.69. The van der Waals surface area contributed by atoms with Crippen LogP contribution < -0.4 is 9.47 Å². The van der Waals surface area contributed by atoms with Gasteiger partial charge in [0.1, 0.15) is 35.9 Å². The number of fused-ring (bicyclic) bond motifs is 1. The molecule has 1 amide bonds. The molecule has 6 nitrogen and oxygen atoms in total. The SMILES string of the molecule is CC(C)(C)OC(=O)N(C[C@H](O)COc1ccccc1)C[C@H]1CCc2cc(I)ccc2O1. The van der Waals surface area contributed by atoms with Gasteiger partial charge in [-0.15, -0.1) is 0 Å². The van der Waals surface area contributed by atoms with E-state index < -0.39 is 17.8 Å². The lowest BCUT2D eigenvalue weighted by atomic mass is 10.0. The first-order valence-electron chi connectivity index (χ1n) is 10.5. The molecule has 1 aliphatic heterocycles. The summed E-state index contributed by atoms with van der Waals surface area (Å²) in [4.78, 5) is 14.3. The van der Waals surface area contributed by atoms with Gasteiger partial charge in [0.25, 0.3) is 0 Å². The summed E-state index contributed by atoms with van der Waals surface area (Å²) in [5.74, 6) is 1.53. The van der Waals surface area contributed by atoms with Gasteiger partial charge in [-0.05, 0) is 92.1 Å². The van der Waals surface area contributed by atoms with Gasteiger partial charge in [0, 0.05) is 3.57 Å². The van der Waals surface area contributed by atoms with Crippen LogP contribution in [0.4, 0.5) is 4.79 Å². The van der Waals surface area contributed by atoms with Gasteiger partial charge in [-0.1, -0.05) is 18.2 Å². The van der Waals surface area contributed by atoms with Crippen molar-refractivity contribution in [2.24, 2.45) is 0 Å². The summed E-state index contributed by atoms with van der Waals surface area (Å²) >= 11 is 2.29. The summed E-state index contributed by atoms with van der Waals surface area (Å²) in [5, 5.41) is 10.5. The van der Waals surface area contributed by atoms with Crippen molar-refractivity contribution in [3.8, 4) is 11.5 Å². The maximum absolute atomic E-state index is 12.8. The van der Waals surface area contributed by atoms with Crippen LogP contribution in [0.25, 0.3) is 0 Å². The zero-order valence-corrected chi connectivity index (χ0v) is 20.4. The molecule has 0 saturated carbocycles. The first kappa shape index (κ1) is 23.7. The molecule has 2 aromatic rings. The molecule has 1 heterocycles. The maximum Gasteiger partial charge on any atom is 0.410 e. The van der Waals surface area contributed by atoms with Gasteiger partial charge >= 0.3 is 6.09 Å². The largest absolute Gasteiger partial charge is 0.491 e. The van der Waals surface area contributed by atoms with Gasteiger partial charge in [0.05, 0.1) is 13.1 Å². The fourth-order valence-corrected chi connectivity index (χ4v) is 3.91. The molecule has 31 heavy (non-hydrogen) atoms. The zero-order valence-electron chi connectivity index (χ0n) is 18.2. The van der Waals surface area contributed by atoms with Crippen LogP contribution in [0.3, 0.4) is 0 Å². The van der Waals surface area contributed by atoms with Crippen LogP contribution in [-0.4, -0.2) is 53.6 Å². The van der Waals surface area contributed by atoms with Gasteiger partial charge < -0.3 is 24.2 Å². The van der Waals surface area contributed by atoms with E-state index in [1.807, 2.05) is 63.2 Å². The Morgan fingerprint density at radius 2 is 2.00 bits per heavy atom. The topological polar surface area (TPSA) is 68.2 Å². The molecule has 2 aromatic carbocycles. The Bertz CT molecular complexity index is 868. The van der Waals surface area contributed by atoms with Crippen LogP contribution in [0.15, 0.2) is 48.5 Å². The lowest BCUT2D eigenvalue weighted by Crippen LogP contribution is -2.47. The first-order chi connectivity index (χ1) is 14.7. The van der Waals surface area contributed by atoms with E-state index in [9.17, 15) is 9.90 Å². The number of aliphatic hydroxyl groups excluding tert-OH is 1. The predicted octanol–water partition coefficient (Wildman–Crippen LogP) is 4.66. The van der Waals surface area contributed by atoms with Crippen LogP contribution in [0.5, 0.6) is 11.5 Å². The van der Waals surface area contributed by atoms with Gasteiger partial charge in [0.15, 0.2) is 0 Å². The Kier molecular flexibility index (Phi) is 8.05. The Morgan fingerprint density at radius 3 is 2.71 bits per heavy atom. The van der Waals surface area contributed by atoms with Crippen LogP contribution in [0.1, 0.15) is 32.8 Å². The molecular formula is C24H30INO5. The average Bonchev–Trinajstić information content (AvgIpc) is 2.71. The molecule has 3 rings (SSSR count). The highest BCUT2D eigenvalue weighted by Crippen LogP contribution is 2.29. The molecule has 0 aromatic heterocycles. The van der Waals surface area contributed by atoms with Crippen LogP contribution in [-0.2, 0) is 11.2 Å². The fraction of sp³-hybridized carbons (Fsp3) is 0.458. The highest BCUT2D eigenvalue weighted by Gasteiger charge is 2.29. The Balaban J connectivity index is 1.63. The molecule has 0 saturated heterocycles. The predicted molar refractivity (Wildman–Crippen MR) is 128 cm³/mol. The van der Waals surface area contributed by atoms with Crippen LogP contribution in [0.2, 0.25) is 0 Å². The molecule has 0 aliphatic carbocycles. The van der Waals surface area contributed by atoms with E-state index in [1.54, 1.807) is 0 Å². The third-order valence-electron chi connectivity index (χ3n) is 4.74. The number of benzene rings is 2. The highest BCUT2D eigenvalue weighted by atomic mass is 127. The van der Waals surface area contributed by atoms with Crippen molar-refractivity contribution >= 4 is 28.7 Å². The zero-order chi connectivity index (χ0) is 22.4. The lowest BCUT2D eigenvalue weighted by molar-refractivity contribution is -0.00136. The van der Waals surface area contributed by atoms with E-state index in [-0.39, 0.29) is 19.3 Å². The van der Waals surface area contributed by atoms with E-state index in [1.165, 1.54) is 14.0 Å². The van der Waals surface area contributed by atoms with Gasteiger partial charge in [-0.25, -0.2) is 4.79 Å². The van der Waals surface area contributed by atoms with Crippen LogP contribution >= 0.6 is 22.6 Å². The standard InChI is InChI=1S/C24H30INO5/c1-24(2,3)31-23(28)26(14-19(27)16-29-20-7-5-4-6-8-20)15-21-11-9-17-13-18(25)10-12-22(17)30-21/h4-8,10,12-13,19,21,27H,9,11,14-16H2,1-3H3/t19-,21+/m0/s1. The number of nitrogens with zero attached hydrogens (tertiary/aromatic N) is 1. The summed E-state index contributed by atoms with van der Waals surface area (Å²) in [6, 6.07) is 15.4. The second-order valence-corrected chi connectivity index (χ2v) is 9.94. The minimum atomic E-state index is -0.856. The number of hydrogen-bond donors (Lipinski definition) is 1. The van der Waals surface area contributed by atoms with Crippen molar-refractivity contribution < 1.29 is 24.1 Å². The van der Waals surface area contributed by atoms with Crippen molar-refractivity contribution in [2.45, 2.75) is 51.4 Å². The number of halogens is 1. The molecule has 0 fully saturated rings. The molecule has 0 radical (unpaired) electrons. The monoisotopic (exact) mass is 539 g/mol. The van der Waals surface area contributed by atoms with E-state index in [2.05, 4.69) is 28.7 Å². The smallest absolute Gasteiger partial charge is 0.410 e. The number of aliphatic hydroxyl groups is 1. The van der Waals surface area contributed by atoms with Crippen LogP contribution in [0, 0.1) is 3.57 Å². The maximum atomic E-state index is 12.8. The van der Waals surface area contributed by atoms with Gasteiger partial charge in [-0.2, -0.15) is 0 Å². The Hall–Kier alpha value is -2.00.